The number of esters is 1. The molecule has 1 aliphatic carbocycles. The largest absolute Gasteiger partial charge is 0.462 e. The topological polar surface area (TPSA) is 56.5 Å². The Kier molecular flexibility index (Phi) is 3.95. The molecule has 1 saturated carbocycles. The first-order chi connectivity index (χ1) is 9.83. The monoisotopic (exact) mass is 273 g/mol. The predicted octanol–water partition coefficient (Wildman–Crippen LogP) is 2.86. The van der Waals surface area contributed by atoms with Gasteiger partial charge in [0.25, 0.3) is 0 Å². The molecule has 2 aromatic rings. The van der Waals surface area contributed by atoms with Crippen molar-refractivity contribution in [2.45, 2.75) is 38.5 Å². The third kappa shape index (κ3) is 2.98. The van der Waals surface area contributed by atoms with Crippen LogP contribution in [0.5, 0.6) is 0 Å². The summed E-state index contributed by atoms with van der Waals surface area (Å²) in [6, 6.07) is 3.51. The van der Waals surface area contributed by atoms with Crippen molar-refractivity contribution in [1.82, 2.24) is 14.6 Å². The maximum Gasteiger partial charge on any atom is 0.339 e. The summed E-state index contributed by atoms with van der Waals surface area (Å²) in [5, 5.41) is 7.70. The number of rotatable bonds is 3. The lowest BCUT2D eigenvalue weighted by Crippen LogP contribution is -2.14. The maximum absolute atomic E-state index is 12.1. The molecule has 0 N–H and O–H groups in total. The second kappa shape index (κ2) is 6.03. The van der Waals surface area contributed by atoms with Crippen LogP contribution in [0.4, 0.5) is 0 Å². The Morgan fingerprint density at radius 3 is 2.85 bits per heavy atom. The Morgan fingerprint density at radius 1 is 1.25 bits per heavy atom. The molecule has 0 saturated heterocycles. The van der Waals surface area contributed by atoms with E-state index in [1.807, 2.05) is 0 Å². The van der Waals surface area contributed by atoms with Crippen molar-refractivity contribution in [2.75, 3.05) is 6.61 Å². The van der Waals surface area contributed by atoms with Crippen LogP contribution in [0.1, 0.15) is 48.9 Å². The fraction of sp³-hybridized carbons (Fsp3) is 0.533. The Morgan fingerprint density at radius 2 is 2.05 bits per heavy atom. The summed E-state index contributed by atoms with van der Waals surface area (Å²) >= 11 is 0. The Bertz CT molecular complexity index is 586. The average molecular weight is 273 g/mol. The molecule has 0 atom stereocenters. The summed E-state index contributed by atoms with van der Waals surface area (Å²) in [5.74, 6) is 0.268. The minimum absolute atomic E-state index is 0.259. The molecule has 2 heterocycles. The first kappa shape index (κ1) is 13.1. The standard InChI is InChI=1S/C15H19N3O2/c19-15(20-10-12-5-3-1-2-4-6-12)13-7-8-14-17-16-11-18(14)9-13/h7-9,11-12H,1-6,10H2. The number of carbonyl (C=O) groups is 1. The molecule has 5 nitrogen and oxygen atoms in total. The zero-order valence-electron chi connectivity index (χ0n) is 11.5. The third-order valence-electron chi connectivity index (χ3n) is 3.95. The molecule has 0 radical (unpaired) electrons. The molecule has 20 heavy (non-hydrogen) atoms. The Labute approximate surface area is 118 Å². The molecule has 1 aliphatic rings. The number of hydrogen-bond acceptors (Lipinski definition) is 4. The first-order valence-electron chi connectivity index (χ1n) is 7.29. The molecule has 1 fully saturated rings. The summed E-state index contributed by atoms with van der Waals surface area (Å²) in [5.41, 5.74) is 1.27. The van der Waals surface area contributed by atoms with Gasteiger partial charge >= 0.3 is 5.97 Å². The highest BCUT2D eigenvalue weighted by Gasteiger charge is 2.15. The van der Waals surface area contributed by atoms with Gasteiger partial charge in [-0.3, -0.25) is 4.40 Å². The van der Waals surface area contributed by atoms with Gasteiger partial charge in [0.1, 0.15) is 6.33 Å². The zero-order chi connectivity index (χ0) is 13.8. The van der Waals surface area contributed by atoms with Gasteiger partial charge in [-0.05, 0) is 30.9 Å². The van der Waals surface area contributed by atoms with Gasteiger partial charge in [0.05, 0.1) is 12.2 Å². The lowest BCUT2D eigenvalue weighted by molar-refractivity contribution is 0.0427. The fourth-order valence-corrected chi connectivity index (χ4v) is 2.76. The molecule has 0 spiro atoms. The van der Waals surface area contributed by atoms with E-state index in [2.05, 4.69) is 10.2 Å². The molecule has 0 aromatic carbocycles. The van der Waals surface area contributed by atoms with E-state index in [-0.39, 0.29) is 5.97 Å². The van der Waals surface area contributed by atoms with E-state index >= 15 is 0 Å². The fourth-order valence-electron chi connectivity index (χ4n) is 2.76. The van der Waals surface area contributed by atoms with Crippen LogP contribution in [0.15, 0.2) is 24.7 Å². The van der Waals surface area contributed by atoms with Crippen LogP contribution >= 0.6 is 0 Å². The van der Waals surface area contributed by atoms with Crippen LogP contribution < -0.4 is 0 Å². The smallest absolute Gasteiger partial charge is 0.339 e. The number of carbonyl (C=O) groups excluding carboxylic acids is 1. The number of nitrogens with zero attached hydrogens (tertiary/aromatic N) is 3. The minimum Gasteiger partial charge on any atom is -0.462 e. The van der Waals surface area contributed by atoms with Crippen LogP contribution in [0.3, 0.4) is 0 Å². The molecule has 0 aliphatic heterocycles. The van der Waals surface area contributed by atoms with Crippen molar-refractivity contribution >= 4 is 11.6 Å². The van der Waals surface area contributed by atoms with E-state index < -0.39 is 0 Å². The van der Waals surface area contributed by atoms with E-state index in [9.17, 15) is 4.79 Å². The lowest BCUT2D eigenvalue weighted by Gasteiger charge is -2.14. The predicted molar refractivity (Wildman–Crippen MR) is 74.5 cm³/mol. The minimum atomic E-state index is -0.259. The second-order valence-corrected chi connectivity index (χ2v) is 5.47. The van der Waals surface area contributed by atoms with Gasteiger partial charge in [0, 0.05) is 6.20 Å². The number of fused-ring (bicyclic) bond motifs is 1. The Hall–Kier alpha value is -1.91. The van der Waals surface area contributed by atoms with Crippen molar-refractivity contribution in [1.29, 1.82) is 0 Å². The van der Waals surface area contributed by atoms with Gasteiger partial charge in [-0.2, -0.15) is 0 Å². The van der Waals surface area contributed by atoms with E-state index in [4.69, 9.17) is 4.74 Å². The van der Waals surface area contributed by atoms with E-state index in [1.165, 1.54) is 38.5 Å². The molecular weight excluding hydrogens is 254 g/mol. The molecule has 2 aromatic heterocycles. The number of aromatic nitrogens is 3. The first-order valence-corrected chi connectivity index (χ1v) is 7.29. The van der Waals surface area contributed by atoms with Gasteiger partial charge in [0.15, 0.2) is 5.65 Å². The molecule has 106 valence electrons. The maximum atomic E-state index is 12.1. The summed E-state index contributed by atoms with van der Waals surface area (Å²) in [6.45, 7) is 0.541. The van der Waals surface area contributed by atoms with Crippen molar-refractivity contribution < 1.29 is 9.53 Å². The van der Waals surface area contributed by atoms with Crippen molar-refractivity contribution in [3.63, 3.8) is 0 Å². The van der Waals surface area contributed by atoms with Crippen LogP contribution in [0.2, 0.25) is 0 Å². The summed E-state index contributed by atoms with van der Waals surface area (Å²) in [4.78, 5) is 12.1. The van der Waals surface area contributed by atoms with Crippen molar-refractivity contribution in [3.05, 3.63) is 30.2 Å². The van der Waals surface area contributed by atoms with Gasteiger partial charge in [-0.15, -0.1) is 10.2 Å². The molecule has 0 amide bonds. The lowest BCUT2D eigenvalue weighted by atomic mass is 10.0. The number of hydrogen-bond donors (Lipinski definition) is 0. The summed E-state index contributed by atoms with van der Waals surface area (Å²) < 4.78 is 7.18. The molecule has 0 bridgehead atoms. The van der Waals surface area contributed by atoms with Crippen LogP contribution in [-0.2, 0) is 4.74 Å². The van der Waals surface area contributed by atoms with Crippen LogP contribution in [0.25, 0.3) is 5.65 Å². The number of ether oxygens (including phenoxy) is 1. The van der Waals surface area contributed by atoms with E-state index in [1.54, 1.807) is 29.1 Å². The second-order valence-electron chi connectivity index (χ2n) is 5.47. The van der Waals surface area contributed by atoms with Crippen molar-refractivity contribution in [2.24, 2.45) is 5.92 Å². The SMILES string of the molecule is O=C(OCC1CCCCCC1)c1ccc2nncn2c1. The summed E-state index contributed by atoms with van der Waals surface area (Å²) in [6.07, 6.45) is 10.8. The van der Waals surface area contributed by atoms with E-state index in [0.29, 0.717) is 18.1 Å². The molecular formula is C15H19N3O2. The van der Waals surface area contributed by atoms with E-state index in [0.717, 1.165) is 5.65 Å². The van der Waals surface area contributed by atoms with Crippen molar-refractivity contribution in [3.8, 4) is 0 Å². The highest BCUT2D eigenvalue weighted by atomic mass is 16.5. The molecule has 3 rings (SSSR count). The van der Waals surface area contributed by atoms with Gasteiger partial charge in [0.2, 0.25) is 0 Å². The average Bonchev–Trinajstić information content (AvgIpc) is 2.78. The number of pyridine rings is 1. The van der Waals surface area contributed by atoms with Crippen LogP contribution in [0, 0.1) is 5.92 Å². The van der Waals surface area contributed by atoms with Gasteiger partial charge in [-0.1, -0.05) is 25.7 Å². The zero-order valence-corrected chi connectivity index (χ0v) is 11.5. The van der Waals surface area contributed by atoms with Gasteiger partial charge < -0.3 is 4.74 Å². The van der Waals surface area contributed by atoms with Crippen LogP contribution in [-0.4, -0.2) is 27.2 Å². The van der Waals surface area contributed by atoms with Gasteiger partial charge in [-0.25, -0.2) is 4.79 Å². The summed E-state index contributed by atoms with van der Waals surface area (Å²) in [7, 11) is 0. The highest BCUT2D eigenvalue weighted by Crippen LogP contribution is 2.23. The Balaban J connectivity index is 1.60. The molecule has 0 unspecified atom stereocenters. The quantitative estimate of drug-likeness (QED) is 0.637. The normalized spacial score (nSPS) is 17.0. The molecule has 5 heteroatoms. The highest BCUT2D eigenvalue weighted by molar-refractivity contribution is 5.89. The third-order valence-corrected chi connectivity index (χ3v) is 3.95.